The van der Waals surface area contributed by atoms with E-state index in [2.05, 4.69) is 25.6 Å². The summed E-state index contributed by atoms with van der Waals surface area (Å²) in [5, 5.41) is 6.44. The minimum atomic E-state index is 0.505. The minimum absolute atomic E-state index is 0.505. The molecule has 0 bridgehead atoms. The SMILES string of the molecule is COc1ccc(C)cc1Nc1nccc(NCc2ccccn2)n1. The molecule has 6 heteroatoms. The normalized spacial score (nSPS) is 10.2. The van der Waals surface area contributed by atoms with Gasteiger partial charge in [-0.1, -0.05) is 12.1 Å². The van der Waals surface area contributed by atoms with E-state index >= 15 is 0 Å². The summed E-state index contributed by atoms with van der Waals surface area (Å²) >= 11 is 0. The van der Waals surface area contributed by atoms with Gasteiger partial charge < -0.3 is 15.4 Å². The second-order valence-electron chi connectivity index (χ2n) is 5.27. The highest BCUT2D eigenvalue weighted by Crippen LogP contribution is 2.27. The average molecular weight is 321 g/mol. The van der Waals surface area contributed by atoms with Crippen LogP contribution in [-0.2, 0) is 6.54 Å². The first-order chi connectivity index (χ1) is 11.7. The highest BCUT2D eigenvalue weighted by Gasteiger charge is 2.06. The maximum Gasteiger partial charge on any atom is 0.229 e. The monoisotopic (exact) mass is 321 g/mol. The summed E-state index contributed by atoms with van der Waals surface area (Å²) in [6.07, 6.45) is 3.48. The van der Waals surface area contributed by atoms with E-state index in [1.807, 2.05) is 49.4 Å². The third kappa shape index (κ3) is 3.98. The molecule has 3 aromatic rings. The number of aromatic nitrogens is 3. The molecule has 2 heterocycles. The zero-order valence-electron chi connectivity index (χ0n) is 13.7. The van der Waals surface area contributed by atoms with Crippen molar-refractivity contribution in [3.63, 3.8) is 0 Å². The van der Waals surface area contributed by atoms with Crippen molar-refractivity contribution in [3.8, 4) is 5.75 Å². The third-order valence-corrected chi connectivity index (χ3v) is 3.43. The van der Waals surface area contributed by atoms with Gasteiger partial charge in [-0.3, -0.25) is 4.98 Å². The van der Waals surface area contributed by atoms with Crippen molar-refractivity contribution < 1.29 is 4.74 Å². The zero-order valence-corrected chi connectivity index (χ0v) is 13.7. The standard InChI is InChI=1S/C18H19N5O/c1-13-6-7-16(24-2)15(11-13)22-18-20-10-8-17(23-18)21-12-14-5-3-4-9-19-14/h3-11H,12H2,1-2H3,(H2,20,21,22,23). The molecule has 0 spiro atoms. The van der Waals surface area contributed by atoms with Gasteiger partial charge in [0.2, 0.25) is 5.95 Å². The van der Waals surface area contributed by atoms with Crippen molar-refractivity contribution in [2.75, 3.05) is 17.7 Å². The molecule has 0 saturated heterocycles. The van der Waals surface area contributed by atoms with Crippen molar-refractivity contribution in [3.05, 3.63) is 66.1 Å². The molecular weight excluding hydrogens is 302 g/mol. The summed E-state index contributed by atoms with van der Waals surface area (Å²) in [6, 6.07) is 13.5. The number of nitrogens with zero attached hydrogens (tertiary/aromatic N) is 3. The fourth-order valence-electron chi connectivity index (χ4n) is 2.24. The molecule has 2 N–H and O–H groups in total. The molecule has 0 saturated carbocycles. The molecule has 0 aliphatic rings. The Morgan fingerprint density at radius 1 is 1.04 bits per heavy atom. The Kier molecular flexibility index (Phi) is 4.86. The first kappa shape index (κ1) is 15.7. The number of nitrogens with one attached hydrogen (secondary N) is 2. The van der Waals surface area contributed by atoms with Crippen molar-refractivity contribution in [1.82, 2.24) is 15.0 Å². The molecule has 1 aromatic carbocycles. The molecule has 0 radical (unpaired) electrons. The van der Waals surface area contributed by atoms with Gasteiger partial charge in [0.05, 0.1) is 25.0 Å². The number of hydrogen-bond acceptors (Lipinski definition) is 6. The summed E-state index contributed by atoms with van der Waals surface area (Å²) in [5.74, 6) is 1.98. The molecule has 0 unspecified atom stereocenters. The number of rotatable bonds is 6. The summed E-state index contributed by atoms with van der Waals surface area (Å²) < 4.78 is 5.37. The summed E-state index contributed by atoms with van der Waals surface area (Å²) in [6.45, 7) is 2.63. The van der Waals surface area contributed by atoms with E-state index in [0.29, 0.717) is 12.5 Å². The van der Waals surface area contributed by atoms with Gasteiger partial charge in [-0.05, 0) is 42.8 Å². The van der Waals surface area contributed by atoms with Gasteiger partial charge in [0.15, 0.2) is 0 Å². The number of pyridine rings is 1. The lowest BCUT2D eigenvalue weighted by Crippen LogP contribution is -2.05. The minimum Gasteiger partial charge on any atom is -0.495 e. The molecule has 0 atom stereocenters. The zero-order chi connectivity index (χ0) is 16.8. The fraction of sp³-hybridized carbons (Fsp3) is 0.167. The number of ether oxygens (including phenoxy) is 1. The lowest BCUT2D eigenvalue weighted by atomic mass is 10.2. The Bertz CT molecular complexity index is 808. The topological polar surface area (TPSA) is 72.0 Å². The molecule has 0 fully saturated rings. The Morgan fingerprint density at radius 3 is 2.75 bits per heavy atom. The van der Waals surface area contributed by atoms with Crippen molar-refractivity contribution >= 4 is 17.5 Å². The van der Waals surface area contributed by atoms with E-state index in [0.717, 1.165) is 28.5 Å². The lowest BCUT2D eigenvalue weighted by molar-refractivity contribution is 0.416. The first-order valence-electron chi connectivity index (χ1n) is 7.63. The van der Waals surface area contributed by atoms with Gasteiger partial charge in [-0.2, -0.15) is 4.98 Å². The van der Waals surface area contributed by atoms with E-state index in [1.54, 1.807) is 19.5 Å². The lowest BCUT2D eigenvalue weighted by Gasteiger charge is -2.12. The number of aryl methyl sites for hydroxylation is 1. The van der Waals surface area contributed by atoms with Crippen LogP contribution in [-0.4, -0.2) is 22.1 Å². The van der Waals surface area contributed by atoms with E-state index < -0.39 is 0 Å². The van der Waals surface area contributed by atoms with Gasteiger partial charge in [0.25, 0.3) is 0 Å². The molecule has 0 aliphatic carbocycles. The Morgan fingerprint density at radius 2 is 1.96 bits per heavy atom. The number of hydrogen-bond donors (Lipinski definition) is 2. The highest BCUT2D eigenvalue weighted by atomic mass is 16.5. The average Bonchev–Trinajstić information content (AvgIpc) is 2.61. The number of benzene rings is 1. The maximum atomic E-state index is 5.37. The molecular formula is C18H19N5O. The van der Waals surface area contributed by atoms with E-state index in [-0.39, 0.29) is 0 Å². The summed E-state index contributed by atoms with van der Waals surface area (Å²) in [4.78, 5) is 13.0. The van der Waals surface area contributed by atoms with Crippen LogP contribution in [0.15, 0.2) is 54.9 Å². The van der Waals surface area contributed by atoms with Crippen LogP contribution in [0.1, 0.15) is 11.3 Å². The fourth-order valence-corrected chi connectivity index (χ4v) is 2.24. The Labute approximate surface area is 141 Å². The smallest absolute Gasteiger partial charge is 0.229 e. The van der Waals surface area contributed by atoms with Crippen LogP contribution in [0.2, 0.25) is 0 Å². The van der Waals surface area contributed by atoms with E-state index in [4.69, 9.17) is 4.74 Å². The van der Waals surface area contributed by atoms with Gasteiger partial charge in [0.1, 0.15) is 11.6 Å². The number of methoxy groups -OCH3 is 1. The van der Waals surface area contributed by atoms with Gasteiger partial charge in [-0.25, -0.2) is 4.98 Å². The van der Waals surface area contributed by atoms with Crippen LogP contribution >= 0.6 is 0 Å². The number of anilines is 3. The Balaban J connectivity index is 1.72. The van der Waals surface area contributed by atoms with Crippen molar-refractivity contribution in [2.24, 2.45) is 0 Å². The van der Waals surface area contributed by atoms with Crippen LogP contribution < -0.4 is 15.4 Å². The highest BCUT2D eigenvalue weighted by molar-refractivity contribution is 5.64. The molecule has 0 amide bonds. The van der Waals surface area contributed by atoms with Crippen molar-refractivity contribution in [2.45, 2.75) is 13.5 Å². The van der Waals surface area contributed by atoms with Crippen LogP contribution in [0.25, 0.3) is 0 Å². The molecule has 122 valence electrons. The third-order valence-electron chi connectivity index (χ3n) is 3.43. The Hall–Kier alpha value is -3.15. The van der Waals surface area contributed by atoms with Gasteiger partial charge in [0, 0.05) is 12.4 Å². The predicted molar refractivity (Wildman–Crippen MR) is 94.6 cm³/mol. The molecule has 2 aromatic heterocycles. The predicted octanol–water partition coefficient (Wildman–Crippen LogP) is 3.54. The maximum absolute atomic E-state index is 5.37. The van der Waals surface area contributed by atoms with Crippen LogP contribution in [0.5, 0.6) is 5.75 Å². The van der Waals surface area contributed by atoms with Crippen molar-refractivity contribution in [1.29, 1.82) is 0 Å². The van der Waals surface area contributed by atoms with E-state index in [1.165, 1.54) is 0 Å². The molecule has 0 aliphatic heterocycles. The first-order valence-corrected chi connectivity index (χ1v) is 7.63. The summed E-state index contributed by atoms with van der Waals surface area (Å²) in [7, 11) is 1.64. The quantitative estimate of drug-likeness (QED) is 0.723. The van der Waals surface area contributed by atoms with E-state index in [9.17, 15) is 0 Å². The van der Waals surface area contributed by atoms with Crippen LogP contribution in [0.4, 0.5) is 17.5 Å². The molecule has 24 heavy (non-hydrogen) atoms. The largest absolute Gasteiger partial charge is 0.495 e. The van der Waals surface area contributed by atoms with Crippen LogP contribution in [0.3, 0.4) is 0 Å². The molecule has 3 rings (SSSR count). The van der Waals surface area contributed by atoms with Gasteiger partial charge >= 0.3 is 0 Å². The second-order valence-corrected chi connectivity index (χ2v) is 5.27. The summed E-state index contributed by atoms with van der Waals surface area (Å²) in [5.41, 5.74) is 2.91. The second kappa shape index (κ2) is 7.41. The van der Waals surface area contributed by atoms with Crippen LogP contribution in [0, 0.1) is 6.92 Å². The van der Waals surface area contributed by atoms with Gasteiger partial charge in [-0.15, -0.1) is 0 Å². The molecule has 6 nitrogen and oxygen atoms in total.